The minimum absolute atomic E-state index is 0.162. The standard InChI is InChI=1S/C31H29N3O4/c1-5-17-34(19-22-13-16-26-25(18-22)30(36)33-21(4)32-26)27-10-8-7-9-24(27)29(35)28(31(37)38-6-2)23-14-11-20(3)12-15-23/h1,7-16,18,28H,6,17,19H2,2-4H3,(H,32,33,36). The van der Waals surface area contributed by atoms with Gasteiger partial charge in [0.15, 0.2) is 5.78 Å². The van der Waals surface area contributed by atoms with Gasteiger partial charge in [-0.1, -0.05) is 53.9 Å². The van der Waals surface area contributed by atoms with Crippen LogP contribution >= 0.6 is 0 Å². The molecule has 1 unspecified atom stereocenters. The number of aromatic amines is 1. The van der Waals surface area contributed by atoms with Crippen molar-refractivity contribution in [1.29, 1.82) is 0 Å². The molecule has 3 aromatic carbocycles. The molecule has 1 aromatic heterocycles. The number of esters is 1. The maximum absolute atomic E-state index is 13.9. The van der Waals surface area contributed by atoms with Crippen molar-refractivity contribution in [2.75, 3.05) is 18.1 Å². The Bertz CT molecular complexity index is 1580. The molecule has 4 rings (SSSR count). The highest BCUT2D eigenvalue weighted by Crippen LogP contribution is 2.30. The second kappa shape index (κ2) is 11.6. The number of rotatable bonds is 9. The summed E-state index contributed by atoms with van der Waals surface area (Å²) in [5, 5.41) is 0.472. The van der Waals surface area contributed by atoms with E-state index in [9.17, 15) is 14.4 Å². The first-order valence-electron chi connectivity index (χ1n) is 12.4. The van der Waals surface area contributed by atoms with E-state index < -0.39 is 11.9 Å². The molecule has 0 radical (unpaired) electrons. The summed E-state index contributed by atoms with van der Waals surface area (Å²) in [6.07, 6.45) is 5.71. The average molecular weight is 508 g/mol. The van der Waals surface area contributed by atoms with E-state index in [4.69, 9.17) is 11.2 Å². The summed E-state index contributed by atoms with van der Waals surface area (Å²) in [5.74, 6) is 1.12. The van der Waals surface area contributed by atoms with Crippen LogP contribution in [0.5, 0.6) is 0 Å². The summed E-state index contributed by atoms with van der Waals surface area (Å²) >= 11 is 0. The van der Waals surface area contributed by atoms with Crippen molar-refractivity contribution in [3.8, 4) is 12.3 Å². The Labute approximate surface area is 221 Å². The van der Waals surface area contributed by atoms with E-state index in [1.807, 2.05) is 36.1 Å². The monoisotopic (exact) mass is 507 g/mol. The lowest BCUT2D eigenvalue weighted by Gasteiger charge is -2.26. The molecule has 192 valence electrons. The van der Waals surface area contributed by atoms with E-state index in [0.29, 0.717) is 40.1 Å². The van der Waals surface area contributed by atoms with E-state index in [-0.39, 0.29) is 24.5 Å². The van der Waals surface area contributed by atoms with Gasteiger partial charge in [0, 0.05) is 17.8 Å². The zero-order valence-corrected chi connectivity index (χ0v) is 21.7. The number of nitrogens with zero attached hydrogens (tertiary/aromatic N) is 2. The lowest BCUT2D eigenvalue weighted by atomic mass is 9.89. The maximum atomic E-state index is 13.9. The minimum atomic E-state index is -1.11. The van der Waals surface area contributed by atoms with Crippen molar-refractivity contribution >= 4 is 28.3 Å². The summed E-state index contributed by atoms with van der Waals surface area (Å²) in [6.45, 7) is 6.09. The molecule has 0 saturated carbocycles. The van der Waals surface area contributed by atoms with Gasteiger partial charge in [0.25, 0.3) is 5.56 Å². The van der Waals surface area contributed by atoms with E-state index in [0.717, 1.165) is 11.1 Å². The van der Waals surface area contributed by atoms with Crippen LogP contribution in [0.3, 0.4) is 0 Å². The normalized spacial score (nSPS) is 11.5. The summed E-state index contributed by atoms with van der Waals surface area (Å²) < 4.78 is 5.29. The largest absolute Gasteiger partial charge is 0.465 e. The number of Topliss-reactive ketones (excluding diaryl/α,β-unsaturated/α-hetero) is 1. The fraction of sp³-hybridized carbons (Fsp3) is 0.226. The Morgan fingerprint density at radius 3 is 2.53 bits per heavy atom. The van der Waals surface area contributed by atoms with Crippen LogP contribution in [-0.2, 0) is 16.1 Å². The van der Waals surface area contributed by atoms with Gasteiger partial charge in [0.1, 0.15) is 11.7 Å². The van der Waals surface area contributed by atoms with Crippen LogP contribution < -0.4 is 10.5 Å². The zero-order valence-electron chi connectivity index (χ0n) is 21.7. The molecule has 1 atom stereocenters. The lowest BCUT2D eigenvalue weighted by Crippen LogP contribution is -2.29. The predicted octanol–water partition coefficient (Wildman–Crippen LogP) is 4.71. The third-order valence-corrected chi connectivity index (χ3v) is 6.25. The van der Waals surface area contributed by atoms with Crippen molar-refractivity contribution in [3.05, 3.63) is 105 Å². The van der Waals surface area contributed by atoms with Crippen LogP contribution in [0, 0.1) is 26.2 Å². The first-order valence-corrected chi connectivity index (χ1v) is 12.4. The van der Waals surface area contributed by atoms with E-state index >= 15 is 0 Å². The molecule has 0 saturated heterocycles. The first-order chi connectivity index (χ1) is 18.3. The van der Waals surface area contributed by atoms with Gasteiger partial charge in [-0.3, -0.25) is 14.4 Å². The molecule has 38 heavy (non-hydrogen) atoms. The average Bonchev–Trinajstić information content (AvgIpc) is 2.90. The molecule has 0 aliphatic rings. The molecule has 0 aliphatic heterocycles. The second-order valence-corrected chi connectivity index (χ2v) is 9.04. The van der Waals surface area contributed by atoms with Gasteiger partial charge < -0.3 is 14.6 Å². The highest BCUT2D eigenvalue weighted by molar-refractivity contribution is 6.15. The Morgan fingerprint density at radius 2 is 1.82 bits per heavy atom. The molecule has 0 bridgehead atoms. The van der Waals surface area contributed by atoms with Crippen LogP contribution in [0.4, 0.5) is 5.69 Å². The number of aryl methyl sites for hydroxylation is 2. The number of ketones is 1. The number of terminal acetylenes is 1. The third kappa shape index (κ3) is 5.65. The highest BCUT2D eigenvalue weighted by Gasteiger charge is 2.32. The molecule has 7 heteroatoms. The van der Waals surface area contributed by atoms with Gasteiger partial charge in [0.05, 0.1) is 24.1 Å². The zero-order chi connectivity index (χ0) is 27.2. The van der Waals surface area contributed by atoms with Gasteiger partial charge in [0.2, 0.25) is 0 Å². The van der Waals surface area contributed by atoms with Gasteiger partial charge in [-0.25, -0.2) is 4.98 Å². The molecular formula is C31H29N3O4. The number of H-pyrrole nitrogens is 1. The number of ether oxygens (including phenoxy) is 1. The third-order valence-electron chi connectivity index (χ3n) is 6.25. The van der Waals surface area contributed by atoms with Crippen molar-refractivity contribution in [2.45, 2.75) is 33.2 Å². The number of carbonyl (C=O) groups is 2. The second-order valence-electron chi connectivity index (χ2n) is 9.04. The van der Waals surface area contributed by atoms with Gasteiger partial charge in [-0.15, -0.1) is 6.42 Å². The van der Waals surface area contributed by atoms with E-state index in [1.54, 1.807) is 56.3 Å². The highest BCUT2D eigenvalue weighted by atomic mass is 16.5. The molecule has 7 nitrogen and oxygen atoms in total. The maximum Gasteiger partial charge on any atom is 0.321 e. The van der Waals surface area contributed by atoms with Crippen molar-refractivity contribution < 1.29 is 14.3 Å². The van der Waals surface area contributed by atoms with E-state index in [1.165, 1.54) is 0 Å². The van der Waals surface area contributed by atoms with Crippen LogP contribution in [0.2, 0.25) is 0 Å². The Morgan fingerprint density at radius 1 is 1.08 bits per heavy atom. The number of nitrogens with one attached hydrogen (secondary N) is 1. The molecule has 1 N–H and O–H groups in total. The molecular weight excluding hydrogens is 478 g/mol. The molecule has 1 heterocycles. The van der Waals surface area contributed by atoms with Crippen LogP contribution in [0.15, 0.2) is 71.5 Å². The fourth-order valence-electron chi connectivity index (χ4n) is 4.45. The van der Waals surface area contributed by atoms with Gasteiger partial charge >= 0.3 is 5.97 Å². The Kier molecular flexibility index (Phi) is 8.03. The summed E-state index contributed by atoms with van der Waals surface area (Å²) in [4.78, 5) is 48.4. The molecule has 4 aromatic rings. The molecule has 0 spiro atoms. The van der Waals surface area contributed by atoms with E-state index in [2.05, 4.69) is 15.9 Å². The predicted molar refractivity (Wildman–Crippen MR) is 148 cm³/mol. The smallest absolute Gasteiger partial charge is 0.321 e. The van der Waals surface area contributed by atoms with Crippen molar-refractivity contribution in [2.24, 2.45) is 0 Å². The number of anilines is 1. The number of hydrogen-bond acceptors (Lipinski definition) is 6. The quantitative estimate of drug-likeness (QED) is 0.153. The first kappa shape index (κ1) is 26.4. The summed E-state index contributed by atoms with van der Waals surface area (Å²) in [7, 11) is 0. The molecule has 0 aliphatic carbocycles. The molecule has 0 amide bonds. The van der Waals surface area contributed by atoms with Crippen LogP contribution in [-0.4, -0.2) is 34.9 Å². The number of para-hydroxylation sites is 1. The Balaban J connectivity index is 1.74. The fourth-order valence-corrected chi connectivity index (χ4v) is 4.45. The summed E-state index contributed by atoms with van der Waals surface area (Å²) in [5.41, 5.74) is 3.74. The van der Waals surface area contributed by atoms with Crippen molar-refractivity contribution in [1.82, 2.24) is 9.97 Å². The number of benzene rings is 3. The summed E-state index contributed by atoms with van der Waals surface area (Å²) in [6, 6.07) is 19.8. The molecule has 0 fully saturated rings. The minimum Gasteiger partial charge on any atom is -0.465 e. The van der Waals surface area contributed by atoms with Gasteiger partial charge in [-0.05, 0) is 56.2 Å². The van der Waals surface area contributed by atoms with Crippen LogP contribution in [0.25, 0.3) is 10.9 Å². The van der Waals surface area contributed by atoms with Gasteiger partial charge in [-0.2, -0.15) is 0 Å². The van der Waals surface area contributed by atoms with Crippen LogP contribution in [0.1, 0.15) is 45.7 Å². The number of hydrogen-bond donors (Lipinski definition) is 1. The lowest BCUT2D eigenvalue weighted by molar-refractivity contribution is -0.143. The SMILES string of the molecule is C#CCN(Cc1ccc2nc(C)[nH]c(=O)c2c1)c1ccccc1C(=O)C(C(=O)OCC)c1ccc(C)cc1. The number of fused-ring (bicyclic) bond motifs is 1. The number of aromatic nitrogens is 2. The number of carbonyl (C=O) groups excluding carboxylic acids is 2. The van der Waals surface area contributed by atoms with Crippen molar-refractivity contribution in [3.63, 3.8) is 0 Å². The Hall–Kier alpha value is -4.70. The topological polar surface area (TPSA) is 92.4 Å².